The molecular weight excluding hydrogens is 510 g/mol. The molecule has 210 valence electrons. The number of amides is 2. The highest BCUT2D eigenvalue weighted by Crippen LogP contribution is 2.18. The van der Waals surface area contributed by atoms with E-state index in [0.717, 1.165) is 30.5 Å². The molecule has 2 aromatic carbocycles. The van der Waals surface area contributed by atoms with Gasteiger partial charge in [0.1, 0.15) is 11.6 Å². The molecule has 10 heteroatoms. The number of rotatable bonds is 14. The van der Waals surface area contributed by atoms with Crippen molar-refractivity contribution in [1.29, 1.82) is 0 Å². The van der Waals surface area contributed by atoms with Gasteiger partial charge >= 0.3 is 6.03 Å². The van der Waals surface area contributed by atoms with Crippen LogP contribution in [-0.4, -0.2) is 74.4 Å². The zero-order chi connectivity index (χ0) is 27.4. The lowest BCUT2D eigenvalue weighted by Crippen LogP contribution is -2.51. The molecule has 38 heavy (non-hydrogen) atoms. The number of nitrogens with zero attached hydrogens (tertiary/aromatic N) is 3. The first-order valence-electron chi connectivity index (χ1n) is 13.5. The van der Waals surface area contributed by atoms with Gasteiger partial charge in [-0.3, -0.25) is 4.90 Å². The van der Waals surface area contributed by atoms with Gasteiger partial charge in [-0.05, 0) is 48.4 Å². The molecule has 1 heterocycles. The molecule has 2 amide bonds. The minimum atomic E-state index is -3.68. The number of urea groups is 1. The molecule has 0 saturated carbocycles. The van der Waals surface area contributed by atoms with Gasteiger partial charge < -0.3 is 10.2 Å². The summed E-state index contributed by atoms with van der Waals surface area (Å²) in [7, 11) is -3.68. The SMILES string of the molecule is CCCCCCCCNC(=O)N(CCN1CCN(S(=O)(=O)c2ccc(F)cc2)CC1)Cc1ccc(F)cc1. The number of carbonyl (C=O) groups excluding carboxylic acids is 1. The first-order chi connectivity index (χ1) is 18.3. The monoisotopic (exact) mass is 550 g/mol. The quantitative estimate of drug-likeness (QED) is 0.342. The molecule has 1 N–H and O–H groups in total. The fourth-order valence-electron chi connectivity index (χ4n) is 4.49. The average Bonchev–Trinajstić information content (AvgIpc) is 2.92. The van der Waals surface area contributed by atoms with Crippen LogP contribution in [0.15, 0.2) is 53.4 Å². The van der Waals surface area contributed by atoms with Crippen LogP contribution in [-0.2, 0) is 16.6 Å². The van der Waals surface area contributed by atoms with Gasteiger partial charge in [-0.15, -0.1) is 0 Å². The van der Waals surface area contributed by atoms with Gasteiger partial charge in [0.05, 0.1) is 4.90 Å². The van der Waals surface area contributed by atoms with Crippen LogP contribution < -0.4 is 5.32 Å². The summed E-state index contributed by atoms with van der Waals surface area (Å²) in [6.45, 7) is 5.93. The summed E-state index contributed by atoms with van der Waals surface area (Å²) in [5.74, 6) is -0.795. The summed E-state index contributed by atoms with van der Waals surface area (Å²) >= 11 is 0. The number of unbranched alkanes of at least 4 members (excludes halogenated alkanes) is 5. The number of hydrogen-bond donors (Lipinski definition) is 1. The Morgan fingerprint density at radius 3 is 2.08 bits per heavy atom. The molecule has 7 nitrogen and oxygen atoms in total. The summed E-state index contributed by atoms with van der Waals surface area (Å²) < 4.78 is 53.8. The minimum Gasteiger partial charge on any atom is -0.338 e. The maximum atomic E-state index is 13.4. The van der Waals surface area contributed by atoms with Gasteiger partial charge in [-0.2, -0.15) is 4.31 Å². The second kappa shape index (κ2) is 15.1. The summed E-state index contributed by atoms with van der Waals surface area (Å²) in [6.07, 6.45) is 6.86. The van der Waals surface area contributed by atoms with E-state index in [4.69, 9.17) is 0 Å². The van der Waals surface area contributed by atoms with Gasteiger partial charge in [0.25, 0.3) is 0 Å². The summed E-state index contributed by atoms with van der Waals surface area (Å²) in [5, 5.41) is 3.02. The first kappa shape index (κ1) is 30.0. The Balaban J connectivity index is 1.51. The van der Waals surface area contributed by atoms with Gasteiger partial charge in [-0.1, -0.05) is 51.2 Å². The van der Waals surface area contributed by atoms with Crippen molar-refractivity contribution in [3.8, 4) is 0 Å². The van der Waals surface area contributed by atoms with Crippen molar-refractivity contribution in [1.82, 2.24) is 19.4 Å². The second-order valence-electron chi connectivity index (χ2n) is 9.75. The van der Waals surface area contributed by atoms with E-state index in [1.165, 1.54) is 54.3 Å². The third kappa shape index (κ3) is 9.32. The van der Waals surface area contributed by atoms with Crippen molar-refractivity contribution in [2.45, 2.75) is 56.9 Å². The molecule has 1 fully saturated rings. The van der Waals surface area contributed by atoms with Gasteiger partial charge in [0, 0.05) is 52.4 Å². The summed E-state index contributed by atoms with van der Waals surface area (Å²) in [5.41, 5.74) is 0.844. The fraction of sp³-hybridized carbons (Fsp3) is 0.536. The van der Waals surface area contributed by atoms with Crippen LogP contribution in [0.3, 0.4) is 0 Å². The van der Waals surface area contributed by atoms with Crippen LogP contribution in [0.2, 0.25) is 0 Å². The van der Waals surface area contributed by atoms with Crippen LogP contribution in [0.25, 0.3) is 0 Å². The predicted molar refractivity (Wildman–Crippen MR) is 145 cm³/mol. The second-order valence-corrected chi connectivity index (χ2v) is 11.7. The average molecular weight is 551 g/mol. The molecule has 0 radical (unpaired) electrons. The van der Waals surface area contributed by atoms with E-state index in [1.807, 2.05) is 0 Å². The molecule has 1 saturated heterocycles. The lowest BCUT2D eigenvalue weighted by molar-refractivity contribution is 0.156. The molecule has 3 rings (SSSR count). The van der Waals surface area contributed by atoms with Gasteiger partial charge in [0.2, 0.25) is 10.0 Å². The van der Waals surface area contributed by atoms with Crippen LogP contribution in [0.5, 0.6) is 0 Å². The Bertz CT molecular complexity index is 1090. The minimum absolute atomic E-state index is 0.0832. The topological polar surface area (TPSA) is 73.0 Å². The van der Waals surface area contributed by atoms with Crippen molar-refractivity contribution in [2.75, 3.05) is 45.8 Å². The zero-order valence-electron chi connectivity index (χ0n) is 22.2. The van der Waals surface area contributed by atoms with E-state index < -0.39 is 15.8 Å². The molecule has 1 aliphatic rings. The van der Waals surface area contributed by atoms with E-state index in [-0.39, 0.29) is 16.7 Å². The molecule has 0 aromatic heterocycles. The normalized spacial score (nSPS) is 14.9. The van der Waals surface area contributed by atoms with Crippen LogP contribution in [0.1, 0.15) is 51.0 Å². The van der Waals surface area contributed by atoms with Crippen LogP contribution >= 0.6 is 0 Å². The fourth-order valence-corrected chi connectivity index (χ4v) is 5.91. The molecule has 0 unspecified atom stereocenters. The zero-order valence-corrected chi connectivity index (χ0v) is 23.1. The maximum absolute atomic E-state index is 13.4. The molecule has 1 aliphatic heterocycles. The lowest BCUT2D eigenvalue weighted by Gasteiger charge is -2.35. The molecule has 2 aromatic rings. The summed E-state index contributed by atoms with van der Waals surface area (Å²) in [6, 6.07) is 10.9. The maximum Gasteiger partial charge on any atom is 0.317 e. The number of piperazine rings is 1. The number of halogens is 2. The number of benzene rings is 2. The van der Waals surface area contributed by atoms with E-state index in [9.17, 15) is 22.0 Å². The third-order valence-electron chi connectivity index (χ3n) is 6.85. The lowest BCUT2D eigenvalue weighted by atomic mass is 10.1. The highest BCUT2D eigenvalue weighted by atomic mass is 32.2. The van der Waals surface area contributed by atoms with E-state index in [1.54, 1.807) is 17.0 Å². The van der Waals surface area contributed by atoms with E-state index in [0.29, 0.717) is 52.4 Å². The van der Waals surface area contributed by atoms with Crippen molar-refractivity contribution in [3.63, 3.8) is 0 Å². The standard InChI is InChI=1S/C28H40F2N4O3S/c1-2-3-4-5-6-7-16-31-28(35)33(23-24-8-10-25(29)11-9-24)20-17-32-18-21-34(22-19-32)38(36,37)27-14-12-26(30)13-15-27/h8-15H,2-7,16-23H2,1H3,(H,31,35). The highest BCUT2D eigenvalue weighted by molar-refractivity contribution is 7.89. The molecule has 0 bridgehead atoms. The van der Waals surface area contributed by atoms with Crippen molar-refractivity contribution in [3.05, 3.63) is 65.7 Å². The highest BCUT2D eigenvalue weighted by Gasteiger charge is 2.28. The predicted octanol–water partition coefficient (Wildman–Crippen LogP) is 4.84. The molecule has 0 spiro atoms. The smallest absolute Gasteiger partial charge is 0.317 e. The molecular formula is C28H40F2N4O3S. The third-order valence-corrected chi connectivity index (χ3v) is 8.76. The number of sulfonamides is 1. The largest absolute Gasteiger partial charge is 0.338 e. The Kier molecular flexibility index (Phi) is 11.9. The number of carbonyl (C=O) groups is 1. The number of hydrogen-bond acceptors (Lipinski definition) is 4. The Hall–Kier alpha value is -2.56. The Morgan fingerprint density at radius 1 is 0.868 bits per heavy atom. The Morgan fingerprint density at radius 2 is 1.45 bits per heavy atom. The molecule has 0 atom stereocenters. The number of nitrogens with one attached hydrogen (secondary N) is 1. The molecule has 0 aliphatic carbocycles. The van der Waals surface area contributed by atoms with Crippen LogP contribution in [0, 0.1) is 11.6 Å². The van der Waals surface area contributed by atoms with Gasteiger partial charge in [0.15, 0.2) is 0 Å². The first-order valence-corrected chi connectivity index (χ1v) is 15.0. The summed E-state index contributed by atoms with van der Waals surface area (Å²) in [4.78, 5) is 16.9. The van der Waals surface area contributed by atoms with Crippen molar-refractivity contribution >= 4 is 16.1 Å². The Labute approximate surface area is 225 Å². The van der Waals surface area contributed by atoms with E-state index >= 15 is 0 Å². The van der Waals surface area contributed by atoms with E-state index in [2.05, 4.69) is 17.1 Å². The van der Waals surface area contributed by atoms with Crippen molar-refractivity contribution < 1.29 is 22.0 Å². The van der Waals surface area contributed by atoms with Crippen molar-refractivity contribution in [2.24, 2.45) is 0 Å². The van der Waals surface area contributed by atoms with Gasteiger partial charge in [-0.25, -0.2) is 22.0 Å². The van der Waals surface area contributed by atoms with Crippen LogP contribution in [0.4, 0.5) is 13.6 Å².